The van der Waals surface area contributed by atoms with Crippen molar-refractivity contribution in [3.63, 3.8) is 0 Å². The van der Waals surface area contributed by atoms with Crippen molar-refractivity contribution in [3.8, 4) is 0 Å². The molecule has 1 aromatic heterocycles. The van der Waals surface area contributed by atoms with Crippen LogP contribution in [0.15, 0.2) is 17.1 Å². The van der Waals surface area contributed by atoms with Gasteiger partial charge in [0, 0.05) is 31.9 Å². The van der Waals surface area contributed by atoms with Crippen molar-refractivity contribution in [1.82, 2.24) is 9.47 Å². The zero-order chi connectivity index (χ0) is 17.9. The van der Waals surface area contributed by atoms with Crippen LogP contribution in [-0.4, -0.2) is 48.4 Å². The summed E-state index contributed by atoms with van der Waals surface area (Å²) in [6, 6.07) is 0.959. The zero-order valence-electron chi connectivity index (χ0n) is 14.9. The summed E-state index contributed by atoms with van der Waals surface area (Å²) in [6.45, 7) is 7.63. The maximum Gasteiger partial charge on any atom is 0.328 e. The van der Waals surface area contributed by atoms with Crippen LogP contribution in [0, 0.1) is 12.8 Å². The molecule has 1 aromatic rings. The van der Waals surface area contributed by atoms with Gasteiger partial charge in [0.25, 0.3) is 5.56 Å². The molecular formula is C18H27FN2O3. The fraction of sp³-hybridized carbons (Fsp3) is 0.667. The average molecular weight is 338 g/mol. The van der Waals surface area contributed by atoms with Gasteiger partial charge in [-0.15, -0.1) is 0 Å². The molecule has 1 saturated heterocycles. The number of hydrogen-bond acceptors (Lipinski definition) is 4. The molecule has 0 aliphatic carbocycles. The number of aryl methyl sites for hydroxylation is 1. The van der Waals surface area contributed by atoms with E-state index in [0.717, 1.165) is 24.1 Å². The number of rotatable bonds is 7. The number of aromatic nitrogens is 1. The molecule has 0 aromatic carbocycles. The van der Waals surface area contributed by atoms with Crippen LogP contribution >= 0.6 is 0 Å². The van der Waals surface area contributed by atoms with Crippen LogP contribution in [0.5, 0.6) is 0 Å². The van der Waals surface area contributed by atoms with Crippen LogP contribution in [0.4, 0.5) is 4.39 Å². The number of carbonyl (C=O) groups is 1. The quantitative estimate of drug-likeness (QED) is 0.715. The third kappa shape index (κ3) is 4.44. The number of pyridine rings is 1. The van der Waals surface area contributed by atoms with E-state index in [-0.39, 0.29) is 11.5 Å². The summed E-state index contributed by atoms with van der Waals surface area (Å²) in [5.41, 5.74) is 1.72. The predicted octanol–water partition coefficient (Wildman–Crippen LogP) is 2.11. The van der Waals surface area contributed by atoms with Gasteiger partial charge >= 0.3 is 5.97 Å². The molecule has 1 aliphatic heterocycles. The van der Waals surface area contributed by atoms with E-state index >= 15 is 0 Å². The number of ether oxygens (including phenoxy) is 1. The van der Waals surface area contributed by atoms with Gasteiger partial charge in [-0.05, 0) is 36.8 Å². The Hall–Kier alpha value is -1.69. The fourth-order valence-corrected chi connectivity index (χ4v) is 3.06. The van der Waals surface area contributed by atoms with E-state index in [0.29, 0.717) is 19.5 Å². The number of halogens is 1. The van der Waals surface area contributed by atoms with E-state index in [1.165, 1.54) is 11.7 Å². The molecule has 1 unspecified atom stereocenters. The first-order chi connectivity index (χ1) is 11.3. The minimum absolute atomic E-state index is 0.194. The first kappa shape index (κ1) is 18.6. The van der Waals surface area contributed by atoms with Crippen molar-refractivity contribution in [3.05, 3.63) is 33.7 Å². The lowest BCUT2D eigenvalue weighted by atomic mass is 10.0. The lowest BCUT2D eigenvalue weighted by molar-refractivity contribution is -0.145. The highest BCUT2D eigenvalue weighted by Crippen LogP contribution is 2.20. The molecule has 1 fully saturated rings. The van der Waals surface area contributed by atoms with E-state index in [2.05, 4.69) is 0 Å². The van der Waals surface area contributed by atoms with Gasteiger partial charge in [0.2, 0.25) is 0 Å². The molecule has 24 heavy (non-hydrogen) atoms. The van der Waals surface area contributed by atoms with Crippen molar-refractivity contribution in [1.29, 1.82) is 0 Å². The molecule has 2 heterocycles. The van der Waals surface area contributed by atoms with Gasteiger partial charge in [-0.3, -0.25) is 9.69 Å². The molecule has 0 radical (unpaired) electrons. The molecule has 0 saturated carbocycles. The lowest BCUT2D eigenvalue weighted by Crippen LogP contribution is -2.49. The maximum absolute atomic E-state index is 12.9. The van der Waals surface area contributed by atoms with Gasteiger partial charge in [0.1, 0.15) is 12.2 Å². The Morgan fingerprint density at radius 3 is 2.62 bits per heavy atom. The number of nitrogens with zero attached hydrogens (tertiary/aromatic N) is 2. The standard InChI is InChI=1S/C18H27FN2O3/c1-12(2)7-16(18(23)24-4)21-9-14(13(3)8-17(21)22)5-6-20-10-15(19)11-20/h8-9,12,15-16H,5-7,10-11H2,1-4H3. The van der Waals surface area contributed by atoms with E-state index in [4.69, 9.17) is 4.74 Å². The Kier molecular flexibility index (Phi) is 6.15. The van der Waals surface area contributed by atoms with Crippen molar-refractivity contribution in [2.45, 2.75) is 45.8 Å². The van der Waals surface area contributed by atoms with Gasteiger partial charge in [-0.1, -0.05) is 13.8 Å². The van der Waals surface area contributed by atoms with Gasteiger partial charge in [-0.2, -0.15) is 0 Å². The van der Waals surface area contributed by atoms with Gasteiger partial charge in [0.05, 0.1) is 7.11 Å². The van der Waals surface area contributed by atoms with Crippen LogP contribution in [0.1, 0.15) is 37.4 Å². The van der Waals surface area contributed by atoms with Crippen LogP contribution in [0.2, 0.25) is 0 Å². The molecule has 134 valence electrons. The Bertz CT molecular complexity index is 636. The summed E-state index contributed by atoms with van der Waals surface area (Å²) in [7, 11) is 1.34. The monoisotopic (exact) mass is 338 g/mol. The summed E-state index contributed by atoms with van der Waals surface area (Å²) < 4.78 is 19.3. The lowest BCUT2D eigenvalue weighted by Gasteiger charge is -2.34. The predicted molar refractivity (Wildman–Crippen MR) is 91.0 cm³/mol. The average Bonchev–Trinajstić information content (AvgIpc) is 2.49. The Morgan fingerprint density at radius 1 is 1.42 bits per heavy atom. The molecular weight excluding hydrogens is 311 g/mol. The van der Waals surface area contributed by atoms with Crippen LogP contribution in [0.25, 0.3) is 0 Å². The van der Waals surface area contributed by atoms with Crippen molar-refractivity contribution >= 4 is 5.97 Å². The summed E-state index contributed by atoms with van der Waals surface area (Å²) >= 11 is 0. The Morgan fingerprint density at radius 2 is 2.08 bits per heavy atom. The Balaban J connectivity index is 2.22. The second-order valence-corrected chi connectivity index (χ2v) is 7.00. The normalized spacial score (nSPS) is 16.9. The highest BCUT2D eigenvalue weighted by atomic mass is 19.1. The van der Waals surface area contributed by atoms with Crippen molar-refractivity contribution in [2.75, 3.05) is 26.7 Å². The van der Waals surface area contributed by atoms with Gasteiger partial charge < -0.3 is 9.30 Å². The van der Waals surface area contributed by atoms with Crippen LogP contribution in [0.3, 0.4) is 0 Å². The molecule has 2 rings (SSSR count). The Labute approximate surface area is 142 Å². The third-order valence-corrected chi connectivity index (χ3v) is 4.51. The second kappa shape index (κ2) is 7.92. The highest BCUT2D eigenvalue weighted by Gasteiger charge is 2.26. The molecule has 0 bridgehead atoms. The minimum Gasteiger partial charge on any atom is -0.467 e. The van der Waals surface area contributed by atoms with Gasteiger partial charge in [0.15, 0.2) is 0 Å². The molecule has 0 amide bonds. The number of likely N-dealkylation sites (tertiary alicyclic amines) is 1. The molecule has 0 spiro atoms. The molecule has 5 nitrogen and oxygen atoms in total. The highest BCUT2D eigenvalue weighted by molar-refractivity contribution is 5.74. The van der Waals surface area contributed by atoms with E-state index in [1.807, 2.05) is 25.7 Å². The zero-order valence-corrected chi connectivity index (χ0v) is 14.9. The first-order valence-corrected chi connectivity index (χ1v) is 8.47. The number of alkyl halides is 1. The molecule has 1 aliphatic rings. The molecule has 0 N–H and O–H groups in total. The third-order valence-electron chi connectivity index (χ3n) is 4.51. The summed E-state index contributed by atoms with van der Waals surface area (Å²) in [5, 5.41) is 0. The van der Waals surface area contributed by atoms with Crippen LogP contribution in [-0.2, 0) is 16.0 Å². The number of hydrogen-bond donors (Lipinski definition) is 0. The SMILES string of the molecule is COC(=O)C(CC(C)C)n1cc(CCN2CC(F)C2)c(C)cc1=O. The van der Waals surface area contributed by atoms with E-state index in [9.17, 15) is 14.0 Å². The van der Waals surface area contributed by atoms with E-state index in [1.54, 1.807) is 12.3 Å². The smallest absolute Gasteiger partial charge is 0.328 e. The molecule has 6 heteroatoms. The largest absolute Gasteiger partial charge is 0.467 e. The van der Waals surface area contributed by atoms with Crippen LogP contribution < -0.4 is 5.56 Å². The second-order valence-electron chi connectivity index (χ2n) is 7.00. The first-order valence-electron chi connectivity index (χ1n) is 8.47. The van der Waals surface area contributed by atoms with E-state index < -0.39 is 18.2 Å². The molecule has 1 atom stereocenters. The minimum atomic E-state index is -0.713. The summed E-state index contributed by atoms with van der Waals surface area (Å²) in [4.78, 5) is 26.5. The topological polar surface area (TPSA) is 51.5 Å². The maximum atomic E-state index is 12.9. The number of carbonyl (C=O) groups excluding carboxylic acids is 1. The number of esters is 1. The fourth-order valence-electron chi connectivity index (χ4n) is 3.06. The van der Waals surface area contributed by atoms with Crippen molar-refractivity contribution < 1.29 is 13.9 Å². The number of methoxy groups -OCH3 is 1. The van der Waals surface area contributed by atoms with Crippen molar-refractivity contribution in [2.24, 2.45) is 5.92 Å². The summed E-state index contributed by atoms with van der Waals surface area (Å²) in [6.07, 6.45) is 2.34. The summed E-state index contributed by atoms with van der Waals surface area (Å²) in [5.74, 6) is -0.142. The van der Waals surface area contributed by atoms with Gasteiger partial charge in [-0.25, -0.2) is 9.18 Å².